The molecule has 0 saturated carbocycles. The van der Waals surface area contributed by atoms with E-state index < -0.39 is 5.82 Å². The molecule has 94 valence electrons. The molecule has 2 rings (SSSR count). The van der Waals surface area contributed by atoms with Crippen LogP contribution in [0.15, 0.2) is 30.3 Å². The van der Waals surface area contributed by atoms with E-state index in [4.69, 9.17) is 5.73 Å². The van der Waals surface area contributed by atoms with Gasteiger partial charge in [-0.1, -0.05) is 6.92 Å². The second-order valence-corrected chi connectivity index (χ2v) is 5.31. The second-order valence-electron chi connectivity index (χ2n) is 4.05. The smallest absolute Gasteiger partial charge is 0.170 e. The number of halogens is 1. The SMILES string of the molecule is CCc1ccc(CC(=O)c2cc(F)ccc2N)s1. The first kappa shape index (κ1) is 12.8. The molecule has 2 nitrogen and oxygen atoms in total. The summed E-state index contributed by atoms with van der Waals surface area (Å²) in [6.45, 7) is 2.07. The van der Waals surface area contributed by atoms with Gasteiger partial charge < -0.3 is 5.73 Å². The topological polar surface area (TPSA) is 43.1 Å². The molecule has 0 spiro atoms. The lowest BCUT2D eigenvalue weighted by molar-refractivity contribution is 0.0994. The fraction of sp³-hybridized carbons (Fsp3) is 0.214. The van der Waals surface area contributed by atoms with Crippen molar-refractivity contribution in [1.29, 1.82) is 0 Å². The van der Waals surface area contributed by atoms with Crippen molar-refractivity contribution < 1.29 is 9.18 Å². The van der Waals surface area contributed by atoms with Gasteiger partial charge in [-0.2, -0.15) is 0 Å². The van der Waals surface area contributed by atoms with Crippen LogP contribution >= 0.6 is 11.3 Å². The van der Waals surface area contributed by atoms with Gasteiger partial charge in [-0.15, -0.1) is 11.3 Å². The molecule has 18 heavy (non-hydrogen) atoms. The second kappa shape index (κ2) is 5.31. The Labute approximate surface area is 109 Å². The van der Waals surface area contributed by atoms with Crippen LogP contribution in [-0.2, 0) is 12.8 Å². The number of hydrogen-bond donors (Lipinski definition) is 1. The van der Waals surface area contributed by atoms with Gasteiger partial charge in [0.2, 0.25) is 0 Å². The molecular weight excluding hydrogens is 249 g/mol. The molecule has 0 saturated heterocycles. The number of nitrogen functional groups attached to an aromatic ring is 1. The number of anilines is 1. The van der Waals surface area contributed by atoms with E-state index in [2.05, 4.69) is 6.92 Å². The van der Waals surface area contributed by atoms with Crippen molar-refractivity contribution in [2.45, 2.75) is 19.8 Å². The lowest BCUT2D eigenvalue weighted by Gasteiger charge is -2.03. The van der Waals surface area contributed by atoms with Gasteiger partial charge in [-0.05, 0) is 36.8 Å². The lowest BCUT2D eigenvalue weighted by atomic mass is 10.1. The number of benzene rings is 1. The minimum absolute atomic E-state index is 0.142. The maximum absolute atomic E-state index is 13.1. The molecule has 0 aliphatic rings. The van der Waals surface area contributed by atoms with Gasteiger partial charge in [-0.3, -0.25) is 4.79 Å². The summed E-state index contributed by atoms with van der Waals surface area (Å²) < 4.78 is 13.1. The zero-order valence-corrected chi connectivity index (χ0v) is 10.9. The van der Waals surface area contributed by atoms with Gasteiger partial charge >= 0.3 is 0 Å². The first-order valence-corrected chi connectivity index (χ1v) is 6.57. The number of nitrogens with two attached hydrogens (primary N) is 1. The molecule has 2 N–H and O–H groups in total. The molecular formula is C14H14FNOS. The van der Waals surface area contributed by atoms with Gasteiger partial charge in [0.05, 0.1) is 0 Å². The highest BCUT2D eigenvalue weighted by atomic mass is 32.1. The zero-order valence-electron chi connectivity index (χ0n) is 10.1. The standard InChI is InChI=1S/C14H14FNOS/c1-2-10-4-5-11(18-10)8-14(17)12-7-9(15)3-6-13(12)16/h3-7H,2,8,16H2,1H3. The van der Waals surface area contributed by atoms with Crippen LogP contribution < -0.4 is 5.73 Å². The number of hydrogen-bond acceptors (Lipinski definition) is 3. The van der Waals surface area contributed by atoms with E-state index in [1.54, 1.807) is 11.3 Å². The van der Waals surface area contributed by atoms with Crippen LogP contribution in [0.5, 0.6) is 0 Å². The molecule has 0 unspecified atom stereocenters. The summed E-state index contributed by atoms with van der Waals surface area (Å²) >= 11 is 1.61. The Balaban J connectivity index is 2.19. The highest BCUT2D eigenvalue weighted by Crippen LogP contribution is 2.21. The summed E-state index contributed by atoms with van der Waals surface area (Å²) in [5.74, 6) is -0.579. The average Bonchev–Trinajstić information content (AvgIpc) is 2.80. The van der Waals surface area contributed by atoms with Crippen molar-refractivity contribution in [3.63, 3.8) is 0 Å². The van der Waals surface area contributed by atoms with E-state index in [0.29, 0.717) is 5.69 Å². The van der Waals surface area contributed by atoms with Crippen molar-refractivity contribution in [3.05, 3.63) is 51.5 Å². The molecule has 0 atom stereocenters. The molecule has 1 heterocycles. The number of aryl methyl sites for hydroxylation is 1. The predicted octanol–water partition coefficient (Wildman–Crippen LogP) is 3.46. The summed E-state index contributed by atoms with van der Waals surface area (Å²) in [5, 5.41) is 0. The molecule has 0 aliphatic heterocycles. The molecule has 0 radical (unpaired) electrons. The molecule has 1 aromatic carbocycles. The first-order chi connectivity index (χ1) is 8.60. The highest BCUT2D eigenvalue weighted by Gasteiger charge is 2.12. The van der Waals surface area contributed by atoms with Crippen LogP contribution in [0.25, 0.3) is 0 Å². The summed E-state index contributed by atoms with van der Waals surface area (Å²) in [6, 6.07) is 7.84. The van der Waals surface area contributed by atoms with E-state index in [9.17, 15) is 9.18 Å². The van der Waals surface area contributed by atoms with E-state index in [0.717, 1.165) is 11.3 Å². The van der Waals surface area contributed by atoms with Crippen LogP contribution in [0.1, 0.15) is 27.0 Å². The minimum Gasteiger partial charge on any atom is -0.398 e. The Kier molecular flexibility index (Phi) is 3.77. The van der Waals surface area contributed by atoms with Crippen LogP contribution in [-0.4, -0.2) is 5.78 Å². The summed E-state index contributed by atoms with van der Waals surface area (Å²) in [6.07, 6.45) is 1.24. The zero-order chi connectivity index (χ0) is 13.1. The third-order valence-corrected chi connectivity index (χ3v) is 3.95. The average molecular weight is 263 g/mol. The van der Waals surface area contributed by atoms with Crippen molar-refractivity contribution in [2.24, 2.45) is 0 Å². The molecule has 0 amide bonds. The third kappa shape index (κ3) is 2.76. The molecule has 2 aromatic rings. The van der Waals surface area contributed by atoms with E-state index in [-0.39, 0.29) is 17.8 Å². The number of carbonyl (C=O) groups excluding carboxylic acids is 1. The fourth-order valence-corrected chi connectivity index (χ4v) is 2.69. The Morgan fingerprint density at radius 2 is 2.00 bits per heavy atom. The quantitative estimate of drug-likeness (QED) is 0.678. The van der Waals surface area contributed by atoms with E-state index in [1.165, 1.54) is 23.1 Å². The Hall–Kier alpha value is -1.68. The van der Waals surface area contributed by atoms with E-state index >= 15 is 0 Å². The Morgan fingerprint density at radius 1 is 1.28 bits per heavy atom. The first-order valence-electron chi connectivity index (χ1n) is 5.76. The summed E-state index contributed by atoms with van der Waals surface area (Å²) in [5.41, 5.74) is 6.28. The van der Waals surface area contributed by atoms with Gasteiger partial charge in [-0.25, -0.2) is 4.39 Å². The largest absolute Gasteiger partial charge is 0.398 e. The van der Waals surface area contributed by atoms with Gasteiger partial charge in [0.1, 0.15) is 5.82 Å². The summed E-state index contributed by atoms with van der Waals surface area (Å²) in [4.78, 5) is 14.3. The molecule has 0 aliphatic carbocycles. The van der Waals surface area contributed by atoms with Crippen molar-refractivity contribution in [1.82, 2.24) is 0 Å². The van der Waals surface area contributed by atoms with Crippen molar-refractivity contribution >= 4 is 22.8 Å². The number of rotatable bonds is 4. The molecule has 4 heteroatoms. The maximum Gasteiger partial charge on any atom is 0.170 e. The number of Topliss-reactive ketones (excluding diaryl/α,β-unsaturated/α-hetero) is 1. The lowest BCUT2D eigenvalue weighted by Crippen LogP contribution is -2.06. The normalized spacial score (nSPS) is 10.6. The molecule has 0 fully saturated rings. The van der Waals surface area contributed by atoms with Crippen LogP contribution in [0.2, 0.25) is 0 Å². The molecule has 0 bridgehead atoms. The summed E-state index contributed by atoms with van der Waals surface area (Å²) in [7, 11) is 0. The highest BCUT2D eigenvalue weighted by molar-refractivity contribution is 7.12. The van der Waals surface area contributed by atoms with E-state index in [1.807, 2.05) is 12.1 Å². The fourth-order valence-electron chi connectivity index (χ4n) is 1.73. The Morgan fingerprint density at radius 3 is 2.67 bits per heavy atom. The number of ketones is 1. The van der Waals surface area contributed by atoms with Gasteiger partial charge in [0.25, 0.3) is 0 Å². The third-order valence-electron chi connectivity index (χ3n) is 2.72. The Bertz CT molecular complexity index is 577. The van der Waals surface area contributed by atoms with Crippen LogP contribution in [0, 0.1) is 5.82 Å². The van der Waals surface area contributed by atoms with Gasteiger partial charge in [0.15, 0.2) is 5.78 Å². The van der Waals surface area contributed by atoms with Crippen LogP contribution in [0.3, 0.4) is 0 Å². The molecule has 1 aromatic heterocycles. The van der Waals surface area contributed by atoms with Gasteiger partial charge in [0, 0.05) is 27.4 Å². The number of carbonyl (C=O) groups is 1. The van der Waals surface area contributed by atoms with Crippen LogP contribution in [0.4, 0.5) is 10.1 Å². The van der Waals surface area contributed by atoms with Crippen molar-refractivity contribution in [3.8, 4) is 0 Å². The maximum atomic E-state index is 13.1. The minimum atomic E-state index is -0.437. The predicted molar refractivity (Wildman–Crippen MR) is 72.5 cm³/mol. The monoisotopic (exact) mass is 263 g/mol. The number of thiophene rings is 1. The van der Waals surface area contributed by atoms with Crippen molar-refractivity contribution in [2.75, 3.05) is 5.73 Å².